The molecule has 0 aromatic heterocycles. The topological polar surface area (TPSA) is 23.6 Å². The predicted octanol–water partition coefficient (Wildman–Crippen LogP) is 3.62. The van der Waals surface area contributed by atoms with Gasteiger partial charge in [-0.25, -0.2) is 0 Å². The number of nitrogens with zero attached hydrogens (tertiary/aromatic N) is 2. The highest BCUT2D eigenvalue weighted by Gasteiger charge is 2.27. The first kappa shape index (κ1) is 15.9. The molecule has 1 saturated heterocycles. The second kappa shape index (κ2) is 7.05. The van der Waals surface area contributed by atoms with E-state index < -0.39 is 0 Å². The number of halogens is 1. The summed E-state index contributed by atoms with van der Waals surface area (Å²) < 4.78 is 0. The van der Waals surface area contributed by atoms with Gasteiger partial charge in [-0.2, -0.15) is 0 Å². The third-order valence-electron chi connectivity index (χ3n) is 4.34. The molecule has 0 N–H and O–H groups in total. The maximum atomic E-state index is 12.6. The van der Waals surface area contributed by atoms with Crippen LogP contribution in [0, 0.1) is 0 Å². The molecule has 3 rings (SSSR count). The lowest BCUT2D eigenvalue weighted by molar-refractivity contribution is -0.132. The summed E-state index contributed by atoms with van der Waals surface area (Å²) in [6, 6.07) is 18.0. The van der Waals surface area contributed by atoms with Gasteiger partial charge < -0.3 is 9.80 Å². The van der Waals surface area contributed by atoms with Crippen molar-refractivity contribution in [2.24, 2.45) is 0 Å². The summed E-state index contributed by atoms with van der Waals surface area (Å²) in [5.41, 5.74) is 2.24. The van der Waals surface area contributed by atoms with Crippen molar-refractivity contribution >= 4 is 23.2 Å². The van der Waals surface area contributed by atoms with Gasteiger partial charge in [0.05, 0.1) is 6.42 Å². The van der Waals surface area contributed by atoms with E-state index in [1.54, 1.807) is 0 Å². The van der Waals surface area contributed by atoms with Crippen LogP contribution in [0.2, 0.25) is 5.02 Å². The summed E-state index contributed by atoms with van der Waals surface area (Å²) in [5, 5.41) is 0.749. The zero-order valence-corrected chi connectivity index (χ0v) is 14.0. The van der Waals surface area contributed by atoms with Crippen molar-refractivity contribution in [1.82, 2.24) is 4.90 Å². The average molecular weight is 329 g/mol. The molecule has 2 aromatic carbocycles. The largest absolute Gasteiger partial charge is 0.368 e. The van der Waals surface area contributed by atoms with Gasteiger partial charge in [0.1, 0.15) is 0 Å². The Bertz CT molecular complexity index is 657. The molecule has 23 heavy (non-hydrogen) atoms. The number of benzene rings is 2. The molecule has 0 bridgehead atoms. The van der Waals surface area contributed by atoms with Gasteiger partial charge in [-0.1, -0.05) is 41.9 Å². The van der Waals surface area contributed by atoms with Crippen LogP contribution < -0.4 is 4.90 Å². The number of rotatable bonds is 3. The maximum Gasteiger partial charge on any atom is 0.227 e. The minimum Gasteiger partial charge on any atom is -0.368 e. The molecular weight excluding hydrogens is 308 g/mol. The summed E-state index contributed by atoms with van der Waals surface area (Å²) in [4.78, 5) is 16.9. The van der Waals surface area contributed by atoms with Crippen molar-refractivity contribution in [3.63, 3.8) is 0 Å². The summed E-state index contributed by atoms with van der Waals surface area (Å²) in [6.45, 7) is 4.58. The van der Waals surface area contributed by atoms with Crippen molar-refractivity contribution in [3.05, 3.63) is 65.2 Å². The predicted molar refractivity (Wildman–Crippen MR) is 95.0 cm³/mol. The third kappa shape index (κ3) is 3.85. The van der Waals surface area contributed by atoms with Gasteiger partial charge in [-0.15, -0.1) is 0 Å². The fourth-order valence-electron chi connectivity index (χ4n) is 3.09. The van der Waals surface area contributed by atoms with Crippen LogP contribution in [0.15, 0.2) is 54.6 Å². The number of carbonyl (C=O) groups is 1. The Morgan fingerprint density at radius 1 is 1.09 bits per heavy atom. The second-order valence-corrected chi connectivity index (χ2v) is 6.46. The number of hydrogen-bond donors (Lipinski definition) is 0. The Hall–Kier alpha value is -2.00. The minimum absolute atomic E-state index is 0.204. The zero-order chi connectivity index (χ0) is 16.2. The highest BCUT2D eigenvalue weighted by atomic mass is 35.5. The highest BCUT2D eigenvalue weighted by molar-refractivity contribution is 6.30. The summed E-state index contributed by atoms with van der Waals surface area (Å²) in [7, 11) is 0. The van der Waals surface area contributed by atoms with Gasteiger partial charge in [0.2, 0.25) is 5.91 Å². The number of hydrogen-bond acceptors (Lipinski definition) is 2. The van der Waals surface area contributed by atoms with Crippen molar-refractivity contribution in [2.75, 3.05) is 24.5 Å². The summed E-state index contributed by atoms with van der Waals surface area (Å²) in [6.07, 6.45) is 0.478. The van der Waals surface area contributed by atoms with Crippen molar-refractivity contribution in [3.8, 4) is 0 Å². The number of carbonyl (C=O) groups excluding carboxylic acids is 1. The number of anilines is 1. The normalized spacial score (nSPS) is 18.1. The molecule has 0 radical (unpaired) electrons. The minimum atomic E-state index is 0.204. The van der Waals surface area contributed by atoms with Crippen molar-refractivity contribution in [1.29, 1.82) is 0 Å². The van der Waals surface area contributed by atoms with Gasteiger partial charge in [0, 0.05) is 36.4 Å². The van der Waals surface area contributed by atoms with Crippen LogP contribution in [-0.2, 0) is 11.2 Å². The van der Waals surface area contributed by atoms with Gasteiger partial charge in [-0.05, 0) is 36.8 Å². The third-order valence-corrected chi connectivity index (χ3v) is 4.59. The molecule has 4 heteroatoms. The van der Waals surface area contributed by atoms with Crippen molar-refractivity contribution in [2.45, 2.75) is 19.4 Å². The van der Waals surface area contributed by atoms with Crippen LogP contribution in [0.4, 0.5) is 5.69 Å². The first-order chi connectivity index (χ1) is 11.1. The second-order valence-electron chi connectivity index (χ2n) is 6.02. The van der Waals surface area contributed by atoms with E-state index in [-0.39, 0.29) is 11.9 Å². The van der Waals surface area contributed by atoms with E-state index in [1.165, 1.54) is 0 Å². The van der Waals surface area contributed by atoms with E-state index >= 15 is 0 Å². The van der Waals surface area contributed by atoms with E-state index in [2.05, 4.69) is 11.8 Å². The van der Waals surface area contributed by atoms with Gasteiger partial charge >= 0.3 is 0 Å². The first-order valence-corrected chi connectivity index (χ1v) is 8.35. The molecule has 1 unspecified atom stereocenters. The SMILES string of the molecule is CC1CN(c2ccc(Cl)cc2)CCN1C(=O)Cc1ccccc1. The number of piperazine rings is 1. The van der Waals surface area contributed by atoms with Crippen LogP contribution in [0.1, 0.15) is 12.5 Å². The molecule has 3 nitrogen and oxygen atoms in total. The highest BCUT2D eigenvalue weighted by Crippen LogP contribution is 2.22. The molecule has 1 atom stereocenters. The summed E-state index contributed by atoms with van der Waals surface area (Å²) >= 11 is 5.95. The van der Waals surface area contributed by atoms with Crippen LogP contribution in [0.3, 0.4) is 0 Å². The van der Waals surface area contributed by atoms with Crippen molar-refractivity contribution < 1.29 is 4.79 Å². The lowest BCUT2D eigenvalue weighted by atomic mass is 10.1. The van der Waals surface area contributed by atoms with Crippen LogP contribution in [0.5, 0.6) is 0 Å². The van der Waals surface area contributed by atoms with Gasteiger partial charge in [0.25, 0.3) is 0 Å². The molecule has 0 saturated carbocycles. The fraction of sp³-hybridized carbons (Fsp3) is 0.316. The molecule has 1 aliphatic heterocycles. The molecule has 1 aliphatic rings. The molecule has 2 aromatic rings. The van der Waals surface area contributed by atoms with E-state index in [0.29, 0.717) is 6.42 Å². The van der Waals surface area contributed by atoms with E-state index in [4.69, 9.17) is 11.6 Å². The van der Waals surface area contributed by atoms with Gasteiger partial charge in [0.15, 0.2) is 0 Å². The Labute approximate surface area is 142 Å². The standard InChI is InChI=1S/C19H21ClN2O/c1-15-14-21(18-9-7-17(20)8-10-18)11-12-22(15)19(23)13-16-5-3-2-4-6-16/h2-10,15H,11-14H2,1H3. The Morgan fingerprint density at radius 3 is 2.43 bits per heavy atom. The molecular formula is C19H21ClN2O. The van der Waals surface area contributed by atoms with E-state index in [0.717, 1.165) is 35.9 Å². The Morgan fingerprint density at radius 2 is 1.78 bits per heavy atom. The fourth-order valence-corrected chi connectivity index (χ4v) is 3.21. The number of amides is 1. The molecule has 1 heterocycles. The van der Waals surface area contributed by atoms with E-state index in [1.807, 2.05) is 59.5 Å². The maximum absolute atomic E-state index is 12.6. The average Bonchev–Trinajstić information content (AvgIpc) is 2.56. The smallest absolute Gasteiger partial charge is 0.227 e. The zero-order valence-electron chi connectivity index (χ0n) is 13.3. The lowest BCUT2D eigenvalue weighted by Crippen LogP contribution is -2.54. The molecule has 1 fully saturated rings. The molecule has 0 aliphatic carbocycles. The Kier molecular flexibility index (Phi) is 4.87. The summed E-state index contributed by atoms with van der Waals surface area (Å²) in [5.74, 6) is 0.208. The van der Waals surface area contributed by atoms with Gasteiger partial charge in [-0.3, -0.25) is 4.79 Å². The van der Waals surface area contributed by atoms with E-state index in [9.17, 15) is 4.79 Å². The van der Waals surface area contributed by atoms with Crippen LogP contribution in [0.25, 0.3) is 0 Å². The van der Waals surface area contributed by atoms with Crippen LogP contribution >= 0.6 is 11.6 Å². The molecule has 1 amide bonds. The first-order valence-electron chi connectivity index (χ1n) is 7.97. The molecule has 0 spiro atoms. The monoisotopic (exact) mass is 328 g/mol. The Balaban J connectivity index is 1.62. The molecule has 120 valence electrons. The quantitative estimate of drug-likeness (QED) is 0.859. The van der Waals surface area contributed by atoms with Crippen LogP contribution in [-0.4, -0.2) is 36.5 Å². The lowest BCUT2D eigenvalue weighted by Gasteiger charge is -2.41.